The van der Waals surface area contributed by atoms with E-state index < -0.39 is 0 Å². The van der Waals surface area contributed by atoms with E-state index in [9.17, 15) is 0 Å². The molecular formula is C15H17BrN4O. The van der Waals surface area contributed by atoms with Gasteiger partial charge in [0.1, 0.15) is 0 Å². The first-order chi connectivity index (χ1) is 10.1. The first-order valence-corrected chi connectivity index (χ1v) is 7.28. The monoisotopic (exact) mass is 348 g/mol. The Morgan fingerprint density at radius 1 is 1.33 bits per heavy atom. The van der Waals surface area contributed by atoms with E-state index >= 15 is 0 Å². The van der Waals surface area contributed by atoms with Crippen LogP contribution in [0.1, 0.15) is 11.1 Å². The fourth-order valence-electron chi connectivity index (χ4n) is 1.98. The Hall–Kier alpha value is -2.08. The largest absolute Gasteiger partial charge is 0.409 e. The molecule has 110 valence electrons. The maximum atomic E-state index is 8.73. The van der Waals surface area contributed by atoms with Crippen LogP contribution in [0.25, 0.3) is 0 Å². The Morgan fingerprint density at radius 2 is 2.05 bits per heavy atom. The molecule has 0 atom stereocenters. The number of pyridine rings is 1. The average Bonchev–Trinajstić information content (AvgIpc) is 2.52. The van der Waals surface area contributed by atoms with Crippen LogP contribution in [0, 0.1) is 0 Å². The molecule has 0 bridgehead atoms. The Balaban J connectivity index is 2.06. The van der Waals surface area contributed by atoms with Crippen molar-refractivity contribution in [1.82, 2.24) is 4.98 Å². The number of rotatable bonds is 5. The topological polar surface area (TPSA) is 74.7 Å². The molecule has 0 fully saturated rings. The summed E-state index contributed by atoms with van der Waals surface area (Å²) < 4.78 is 0.797. The van der Waals surface area contributed by atoms with Crippen LogP contribution in [0.4, 0.5) is 5.69 Å². The van der Waals surface area contributed by atoms with E-state index in [1.165, 1.54) is 5.56 Å². The predicted octanol–water partition coefficient (Wildman–Crippen LogP) is 2.62. The van der Waals surface area contributed by atoms with Crippen LogP contribution in [0.5, 0.6) is 0 Å². The average molecular weight is 349 g/mol. The number of aromatic nitrogens is 1. The van der Waals surface area contributed by atoms with Gasteiger partial charge in [-0.15, -0.1) is 0 Å². The van der Waals surface area contributed by atoms with Crippen molar-refractivity contribution in [3.8, 4) is 0 Å². The Labute approximate surface area is 132 Å². The molecule has 0 aliphatic rings. The SMILES string of the molecule is CN(CCc1ccncc1)c1ccc(/C(N)=N/O)c(Br)c1. The number of likely N-dealkylation sites (N-methyl/N-ethyl adjacent to an activating group) is 1. The first kappa shape index (κ1) is 15.3. The third-order valence-corrected chi connectivity index (χ3v) is 3.92. The number of benzene rings is 1. The summed E-state index contributed by atoms with van der Waals surface area (Å²) in [6.45, 7) is 0.888. The zero-order chi connectivity index (χ0) is 15.2. The van der Waals surface area contributed by atoms with Gasteiger partial charge in [0, 0.05) is 41.7 Å². The van der Waals surface area contributed by atoms with Gasteiger partial charge in [-0.3, -0.25) is 4.98 Å². The van der Waals surface area contributed by atoms with E-state index in [0.717, 1.165) is 23.1 Å². The lowest BCUT2D eigenvalue weighted by atomic mass is 10.1. The van der Waals surface area contributed by atoms with E-state index in [2.05, 4.69) is 31.0 Å². The fraction of sp³-hybridized carbons (Fsp3) is 0.200. The fourth-order valence-corrected chi connectivity index (χ4v) is 2.55. The van der Waals surface area contributed by atoms with Crippen molar-refractivity contribution in [3.05, 3.63) is 58.3 Å². The minimum absolute atomic E-state index is 0.0906. The van der Waals surface area contributed by atoms with Crippen LogP contribution < -0.4 is 10.6 Å². The summed E-state index contributed by atoms with van der Waals surface area (Å²) in [7, 11) is 2.03. The van der Waals surface area contributed by atoms with Crippen molar-refractivity contribution in [1.29, 1.82) is 0 Å². The third-order valence-electron chi connectivity index (χ3n) is 3.26. The molecule has 1 aromatic carbocycles. The molecule has 0 aliphatic carbocycles. The zero-order valence-corrected chi connectivity index (χ0v) is 13.3. The van der Waals surface area contributed by atoms with Gasteiger partial charge in [0.2, 0.25) is 0 Å². The normalized spacial score (nSPS) is 11.4. The molecule has 0 aliphatic heterocycles. The van der Waals surface area contributed by atoms with Gasteiger partial charge in [-0.25, -0.2) is 0 Å². The molecule has 1 heterocycles. The molecule has 0 radical (unpaired) electrons. The van der Waals surface area contributed by atoms with E-state index in [1.807, 2.05) is 37.4 Å². The molecule has 21 heavy (non-hydrogen) atoms. The highest BCUT2D eigenvalue weighted by Gasteiger charge is 2.08. The van der Waals surface area contributed by atoms with E-state index in [0.29, 0.717) is 5.56 Å². The van der Waals surface area contributed by atoms with Gasteiger partial charge in [0.25, 0.3) is 0 Å². The quantitative estimate of drug-likeness (QED) is 0.377. The van der Waals surface area contributed by atoms with Crippen LogP contribution in [0.2, 0.25) is 0 Å². The summed E-state index contributed by atoms with van der Waals surface area (Å²) in [5.74, 6) is 0.0906. The van der Waals surface area contributed by atoms with Gasteiger partial charge < -0.3 is 15.8 Å². The summed E-state index contributed by atoms with van der Waals surface area (Å²) >= 11 is 3.45. The highest BCUT2D eigenvalue weighted by molar-refractivity contribution is 9.10. The van der Waals surface area contributed by atoms with E-state index in [4.69, 9.17) is 10.9 Å². The molecule has 1 aromatic heterocycles. The van der Waals surface area contributed by atoms with Crippen molar-refractivity contribution >= 4 is 27.5 Å². The molecule has 0 unspecified atom stereocenters. The summed E-state index contributed by atoms with van der Waals surface area (Å²) in [5.41, 5.74) is 8.59. The number of hydrogen-bond donors (Lipinski definition) is 2. The number of oxime groups is 1. The van der Waals surface area contributed by atoms with E-state index in [1.54, 1.807) is 12.4 Å². The second-order valence-electron chi connectivity index (χ2n) is 4.68. The highest BCUT2D eigenvalue weighted by Crippen LogP contribution is 2.23. The zero-order valence-electron chi connectivity index (χ0n) is 11.7. The third kappa shape index (κ3) is 3.95. The summed E-state index contributed by atoms with van der Waals surface area (Å²) in [6, 6.07) is 9.78. The van der Waals surface area contributed by atoms with Crippen molar-refractivity contribution < 1.29 is 5.21 Å². The number of anilines is 1. The number of nitrogens with zero attached hydrogens (tertiary/aromatic N) is 3. The molecule has 0 spiro atoms. The molecular weight excluding hydrogens is 332 g/mol. The van der Waals surface area contributed by atoms with E-state index in [-0.39, 0.29) is 5.84 Å². The lowest BCUT2D eigenvalue weighted by molar-refractivity contribution is 0.318. The number of nitrogens with two attached hydrogens (primary N) is 1. The molecule has 6 heteroatoms. The molecule has 2 rings (SSSR count). The maximum Gasteiger partial charge on any atom is 0.171 e. The Kier molecular flexibility index (Phi) is 5.16. The summed E-state index contributed by atoms with van der Waals surface area (Å²) in [6.07, 6.45) is 4.55. The number of amidine groups is 1. The molecule has 2 aromatic rings. The lowest BCUT2D eigenvalue weighted by Gasteiger charge is -2.20. The second-order valence-corrected chi connectivity index (χ2v) is 5.53. The summed E-state index contributed by atoms with van der Waals surface area (Å²) in [5, 5.41) is 11.7. The van der Waals surface area contributed by atoms with Crippen LogP contribution in [-0.2, 0) is 6.42 Å². The number of hydrogen-bond acceptors (Lipinski definition) is 4. The van der Waals surface area contributed by atoms with Crippen molar-refractivity contribution in [2.24, 2.45) is 10.9 Å². The molecule has 0 amide bonds. The smallest absolute Gasteiger partial charge is 0.171 e. The predicted molar refractivity (Wildman–Crippen MR) is 87.9 cm³/mol. The van der Waals surface area contributed by atoms with Gasteiger partial charge in [-0.2, -0.15) is 0 Å². The van der Waals surface area contributed by atoms with Gasteiger partial charge in [0.05, 0.1) is 0 Å². The number of halogens is 1. The molecule has 3 N–H and O–H groups in total. The highest BCUT2D eigenvalue weighted by atomic mass is 79.9. The lowest BCUT2D eigenvalue weighted by Crippen LogP contribution is -2.21. The molecule has 5 nitrogen and oxygen atoms in total. The summed E-state index contributed by atoms with van der Waals surface area (Å²) in [4.78, 5) is 6.17. The van der Waals surface area contributed by atoms with Gasteiger partial charge in [0.15, 0.2) is 5.84 Å². The minimum Gasteiger partial charge on any atom is -0.409 e. The van der Waals surface area contributed by atoms with Crippen molar-refractivity contribution in [2.75, 3.05) is 18.5 Å². The van der Waals surface area contributed by atoms with Crippen LogP contribution in [0.15, 0.2) is 52.4 Å². The Bertz CT molecular complexity index is 631. The second kappa shape index (κ2) is 7.08. The van der Waals surface area contributed by atoms with Gasteiger partial charge >= 0.3 is 0 Å². The first-order valence-electron chi connectivity index (χ1n) is 6.49. The van der Waals surface area contributed by atoms with Crippen LogP contribution in [-0.4, -0.2) is 29.6 Å². The van der Waals surface area contributed by atoms with Gasteiger partial charge in [-0.1, -0.05) is 5.16 Å². The molecule has 0 saturated heterocycles. The van der Waals surface area contributed by atoms with Gasteiger partial charge in [-0.05, 0) is 58.2 Å². The van der Waals surface area contributed by atoms with Crippen LogP contribution >= 0.6 is 15.9 Å². The minimum atomic E-state index is 0.0906. The molecule has 0 saturated carbocycles. The Morgan fingerprint density at radius 3 is 2.67 bits per heavy atom. The van der Waals surface area contributed by atoms with Crippen molar-refractivity contribution in [2.45, 2.75) is 6.42 Å². The standard InChI is InChI=1S/C15H17BrN4O/c1-20(9-6-11-4-7-18-8-5-11)12-2-3-13(14(16)10-12)15(17)19-21/h2-5,7-8,10,21H,6,9H2,1H3,(H2,17,19). The van der Waals surface area contributed by atoms with Crippen molar-refractivity contribution in [3.63, 3.8) is 0 Å². The van der Waals surface area contributed by atoms with Crippen LogP contribution in [0.3, 0.4) is 0 Å². The maximum absolute atomic E-state index is 8.73.